The molecule has 0 saturated carbocycles. The summed E-state index contributed by atoms with van der Waals surface area (Å²) in [6.45, 7) is 0. The van der Waals surface area contributed by atoms with Crippen LogP contribution in [0.25, 0.3) is 0 Å². The van der Waals surface area contributed by atoms with E-state index in [1.807, 2.05) is 60.7 Å². The first-order chi connectivity index (χ1) is 16.1. The lowest BCUT2D eigenvalue weighted by atomic mass is 9.68. The van der Waals surface area contributed by atoms with Crippen molar-refractivity contribution < 1.29 is 19.1 Å². The van der Waals surface area contributed by atoms with Crippen molar-refractivity contribution in [2.24, 2.45) is 11.8 Å². The number of rotatable bonds is 5. The van der Waals surface area contributed by atoms with Crippen LogP contribution >= 0.6 is 0 Å². The van der Waals surface area contributed by atoms with Crippen LogP contribution in [0.15, 0.2) is 91.0 Å². The predicted molar refractivity (Wildman–Crippen MR) is 127 cm³/mol. The van der Waals surface area contributed by atoms with Crippen molar-refractivity contribution in [3.05, 3.63) is 102 Å². The lowest BCUT2D eigenvalue weighted by Crippen LogP contribution is -2.32. The number of nitrogens with zero attached hydrogens (tertiary/aromatic N) is 1. The fraction of sp³-hybridized carbons (Fsp3) is 0.214. The van der Waals surface area contributed by atoms with Gasteiger partial charge in [-0.25, -0.2) is 4.90 Å². The molecule has 0 bridgehead atoms. The van der Waals surface area contributed by atoms with E-state index in [0.29, 0.717) is 17.2 Å². The van der Waals surface area contributed by atoms with Gasteiger partial charge in [-0.1, -0.05) is 72.8 Å². The van der Waals surface area contributed by atoms with Gasteiger partial charge in [0.2, 0.25) is 11.8 Å². The number of carbonyl (C=O) groups is 2. The molecule has 4 atom stereocenters. The molecular weight excluding hydrogens is 414 g/mol. The first-order valence-corrected chi connectivity index (χ1v) is 11.0. The van der Waals surface area contributed by atoms with Crippen molar-refractivity contribution in [2.75, 3.05) is 19.1 Å². The second kappa shape index (κ2) is 8.58. The van der Waals surface area contributed by atoms with Crippen molar-refractivity contribution in [3.8, 4) is 11.5 Å². The minimum absolute atomic E-state index is 0.186. The molecule has 1 aliphatic heterocycles. The van der Waals surface area contributed by atoms with Crippen molar-refractivity contribution >= 4 is 17.5 Å². The monoisotopic (exact) mass is 439 g/mol. The zero-order valence-electron chi connectivity index (χ0n) is 18.5. The number of benzene rings is 3. The van der Waals surface area contributed by atoms with Gasteiger partial charge in [0.15, 0.2) is 0 Å². The van der Waals surface area contributed by atoms with E-state index in [1.165, 1.54) is 12.0 Å². The molecule has 0 radical (unpaired) electrons. The van der Waals surface area contributed by atoms with Gasteiger partial charge in [0.1, 0.15) is 11.5 Å². The number of hydrogen-bond donors (Lipinski definition) is 0. The van der Waals surface area contributed by atoms with E-state index in [9.17, 15) is 9.59 Å². The summed E-state index contributed by atoms with van der Waals surface area (Å²) in [5.41, 5.74) is 2.46. The molecule has 4 unspecified atom stereocenters. The second-order valence-corrected chi connectivity index (χ2v) is 8.36. The molecule has 3 aromatic rings. The Balaban J connectivity index is 1.65. The maximum atomic E-state index is 14.0. The number of ether oxygens (including phenoxy) is 2. The Morgan fingerprint density at radius 3 is 1.64 bits per heavy atom. The average Bonchev–Trinajstić information content (AvgIpc) is 3.14. The Morgan fingerprint density at radius 2 is 1.18 bits per heavy atom. The number of methoxy groups -OCH3 is 2. The van der Waals surface area contributed by atoms with E-state index in [2.05, 4.69) is 12.2 Å². The summed E-state index contributed by atoms with van der Waals surface area (Å²) in [5, 5.41) is 0. The number of anilines is 1. The molecule has 0 N–H and O–H groups in total. The van der Waals surface area contributed by atoms with Gasteiger partial charge in [0, 0.05) is 17.9 Å². The largest absolute Gasteiger partial charge is 0.497 e. The fourth-order valence-corrected chi connectivity index (χ4v) is 5.14. The standard InChI is InChI=1S/C28H25NO4/c1-32-20-13-16-24(33-2)23(17-20)29-27(30)25-21(18-9-5-3-6-10-18)14-15-22(26(25)28(29)31)19-11-7-4-8-12-19/h3-17,21-22,25-26H,1-2H3. The van der Waals surface area contributed by atoms with Gasteiger partial charge in [-0.15, -0.1) is 0 Å². The van der Waals surface area contributed by atoms with E-state index >= 15 is 0 Å². The average molecular weight is 440 g/mol. The summed E-state index contributed by atoms with van der Waals surface area (Å²) in [6, 6.07) is 25.0. The number of fused-ring (bicyclic) bond motifs is 1. The first kappa shape index (κ1) is 21.0. The Hall–Kier alpha value is -3.86. The Kier molecular flexibility index (Phi) is 5.47. The third-order valence-corrected chi connectivity index (χ3v) is 6.69. The van der Waals surface area contributed by atoms with Gasteiger partial charge < -0.3 is 9.47 Å². The quantitative estimate of drug-likeness (QED) is 0.417. The molecule has 1 saturated heterocycles. The summed E-state index contributed by atoms with van der Waals surface area (Å²) in [4.78, 5) is 29.2. The highest BCUT2D eigenvalue weighted by atomic mass is 16.5. The molecule has 166 valence electrons. The zero-order valence-corrected chi connectivity index (χ0v) is 18.5. The summed E-state index contributed by atoms with van der Waals surface area (Å²) >= 11 is 0. The van der Waals surface area contributed by atoms with E-state index in [1.54, 1.807) is 25.3 Å². The molecule has 1 aliphatic carbocycles. The number of allylic oxidation sites excluding steroid dienone is 2. The molecule has 0 spiro atoms. The van der Waals surface area contributed by atoms with E-state index < -0.39 is 11.8 Å². The zero-order chi connectivity index (χ0) is 22.9. The van der Waals surface area contributed by atoms with Crippen molar-refractivity contribution in [2.45, 2.75) is 11.8 Å². The van der Waals surface area contributed by atoms with Gasteiger partial charge in [0.05, 0.1) is 31.7 Å². The number of carbonyl (C=O) groups excluding carboxylic acids is 2. The molecule has 1 heterocycles. The van der Waals surface area contributed by atoms with Gasteiger partial charge in [0.25, 0.3) is 0 Å². The highest BCUT2D eigenvalue weighted by molar-refractivity contribution is 6.23. The first-order valence-electron chi connectivity index (χ1n) is 11.0. The van der Waals surface area contributed by atoms with Gasteiger partial charge in [-0.2, -0.15) is 0 Å². The van der Waals surface area contributed by atoms with Gasteiger partial charge in [-0.05, 0) is 23.3 Å². The van der Waals surface area contributed by atoms with Crippen LogP contribution in [0.1, 0.15) is 23.0 Å². The number of imide groups is 1. The van der Waals surface area contributed by atoms with Crippen LogP contribution < -0.4 is 14.4 Å². The number of hydrogen-bond acceptors (Lipinski definition) is 4. The molecular formula is C28H25NO4. The lowest BCUT2D eigenvalue weighted by molar-refractivity contribution is -0.122. The lowest BCUT2D eigenvalue weighted by Gasteiger charge is -2.32. The Bertz CT molecular complexity index is 1140. The van der Waals surface area contributed by atoms with Gasteiger partial charge >= 0.3 is 0 Å². The highest BCUT2D eigenvalue weighted by Gasteiger charge is 2.56. The van der Waals surface area contributed by atoms with E-state index in [4.69, 9.17) is 9.47 Å². The topological polar surface area (TPSA) is 55.8 Å². The van der Waals surface area contributed by atoms with Crippen molar-refractivity contribution in [1.29, 1.82) is 0 Å². The summed E-state index contributed by atoms with van der Waals surface area (Å²) < 4.78 is 10.9. The molecule has 5 heteroatoms. The summed E-state index contributed by atoms with van der Waals surface area (Å²) in [6.07, 6.45) is 4.18. The highest BCUT2D eigenvalue weighted by Crippen LogP contribution is 2.51. The van der Waals surface area contributed by atoms with Crippen LogP contribution in [0, 0.1) is 11.8 Å². The van der Waals surface area contributed by atoms with Crippen LogP contribution in [0.4, 0.5) is 5.69 Å². The third kappa shape index (κ3) is 3.50. The van der Waals surface area contributed by atoms with Crippen molar-refractivity contribution in [3.63, 3.8) is 0 Å². The second-order valence-electron chi connectivity index (χ2n) is 8.36. The summed E-state index contributed by atoms with van der Waals surface area (Å²) in [5.74, 6) is -0.804. The minimum Gasteiger partial charge on any atom is -0.497 e. The normalized spacial score (nSPS) is 24.0. The maximum Gasteiger partial charge on any atom is 0.238 e. The molecule has 0 aromatic heterocycles. The smallest absolute Gasteiger partial charge is 0.238 e. The molecule has 33 heavy (non-hydrogen) atoms. The molecule has 1 fully saturated rings. The van der Waals surface area contributed by atoms with Gasteiger partial charge in [-0.3, -0.25) is 9.59 Å². The maximum absolute atomic E-state index is 14.0. The Morgan fingerprint density at radius 1 is 0.667 bits per heavy atom. The van der Waals surface area contributed by atoms with Crippen molar-refractivity contribution in [1.82, 2.24) is 0 Å². The van der Waals surface area contributed by atoms with Crippen LogP contribution in [0.5, 0.6) is 11.5 Å². The molecule has 2 amide bonds. The fourth-order valence-electron chi connectivity index (χ4n) is 5.14. The Labute approximate surface area is 193 Å². The third-order valence-electron chi connectivity index (χ3n) is 6.69. The van der Waals surface area contributed by atoms with Crippen LogP contribution in [-0.4, -0.2) is 26.0 Å². The molecule has 3 aromatic carbocycles. The minimum atomic E-state index is -0.508. The molecule has 2 aliphatic rings. The SMILES string of the molecule is COc1ccc(OC)c(N2C(=O)C3C(c4ccccc4)C=CC(c4ccccc4)C3C2=O)c1. The van der Waals surface area contributed by atoms with Crippen LogP contribution in [0.2, 0.25) is 0 Å². The number of amides is 2. The summed E-state index contributed by atoms with van der Waals surface area (Å²) in [7, 11) is 3.09. The van der Waals surface area contributed by atoms with E-state index in [-0.39, 0.29) is 23.7 Å². The predicted octanol–water partition coefficient (Wildman–Crippen LogP) is 4.95. The molecule has 5 rings (SSSR count). The molecule has 5 nitrogen and oxygen atoms in total. The van der Waals surface area contributed by atoms with E-state index in [0.717, 1.165) is 11.1 Å². The van der Waals surface area contributed by atoms with Crippen LogP contribution in [0.3, 0.4) is 0 Å². The van der Waals surface area contributed by atoms with Crippen LogP contribution in [-0.2, 0) is 9.59 Å².